The second kappa shape index (κ2) is 5.41. The SMILES string of the molecule is COC(=O)[C@@H]1C[C@](C#N)(c2ccccc2F)CCC1=O. The van der Waals surface area contributed by atoms with Gasteiger partial charge in [0.25, 0.3) is 0 Å². The second-order valence-corrected chi connectivity index (χ2v) is 4.92. The van der Waals surface area contributed by atoms with E-state index in [9.17, 15) is 19.2 Å². The molecule has 0 amide bonds. The molecular weight excluding hydrogens is 261 g/mol. The number of ketones is 1. The van der Waals surface area contributed by atoms with E-state index in [0.717, 1.165) is 0 Å². The van der Waals surface area contributed by atoms with E-state index in [1.807, 2.05) is 0 Å². The number of hydrogen-bond acceptors (Lipinski definition) is 4. The molecule has 0 aliphatic heterocycles. The van der Waals surface area contributed by atoms with Crippen LogP contribution in [-0.2, 0) is 19.7 Å². The molecule has 4 nitrogen and oxygen atoms in total. The average molecular weight is 275 g/mol. The van der Waals surface area contributed by atoms with E-state index in [1.54, 1.807) is 6.07 Å². The molecule has 0 spiro atoms. The van der Waals surface area contributed by atoms with Gasteiger partial charge in [0.05, 0.1) is 18.6 Å². The Kier molecular flexibility index (Phi) is 3.84. The van der Waals surface area contributed by atoms with Crippen molar-refractivity contribution in [2.45, 2.75) is 24.7 Å². The predicted octanol–water partition coefficient (Wildman–Crippen LogP) is 2.13. The topological polar surface area (TPSA) is 67.2 Å². The van der Waals surface area contributed by atoms with Crippen molar-refractivity contribution in [1.29, 1.82) is 5.26 Å². The van der Waals surface area contributed by atoms with Crippen molar-refractivity contribution in [2.75, 3.05) is 7.11 Å². The van der Waals surface area contributed by atoms with Gasteiger partial charge in [-0.15, -0.1) is 0 Å². The van der Waals surface area contributed by atoms with E-state index in [4.69, 9.17) is 0 Å². The van der Waals surface area contributed by atoms with E-state index < -0.39 is 23.1 Å². The van der Waals surface area contributed by atoms with Crippen LogP contribution in [0.3, 0.4) is 0 Å². The molecule has 2 rings (SSSR count). The van der Waals surface area contributed by atoms with Crippen LogP contribution in [0.5, 0.6) is 0 Å². The molecule has 20 heavy (non-hydrogen) atoms. The number of carbonyl (C=O) groups is 2. The van der Waals surface area contributed by atoms with Gasteiger partial charge in [-0.1, -0.05) is 18.2 Å². The summed E-state index contributed by atoms with van der Waals surface area (Å²) >= 11 is 0. The lowest BCUT2D eigenvalue weighted by molar-refractivity contribution is -0.151. The van der Waals surface area contributed by atoms with E-state index in [0.29, 0.717) is 0 Å². The minimum absolute atomic E-state index is 0.0318. The maximum atomic E-state index is 14.0. The first-order chi connectivity index (χ1) is 9.54. The van der Waals surface area contributed by atoms with Crippen LogP contribution in [0.2, 0.25) is 0 Å². The number of halogens is 1. The average Bonchev–Trinajstić information content (AvgIpc) is 2.48. The lowest BCUT2D eigenvalue weighted by atomic mass is 9.66. The van der Waals surface area contributed by atoms with Crippen molar-refractivity contribution < 1.29 is 18.7 Å². The first kappa shape index (κ1) is 14.2. The number of rotatable bonds is 2. The van der Waals surface area contributed by atoms with Crippen LogP contribution in [0.15, 0.2) is 24.3 Å². The smallest absolute Gasteiger partial charge is 0.316 e. The quantitative estimate of drug-likeness (QED) is 0.612. The summed E-state index contributed by atoms with van der Waals surface area (Å²) in [5.74, 6) is -2.40. The predicted molar refractivity (Wildman–Crippen MR) is 68.1 cm³/mol. The van der Waals surface area contributed by atoms with E-state index in [2.05, 4.69) is 10.8 Å². The molecular formula is C15H14FNO3. The Bertz CT molecular complexity index is 585. The van der Waals surface area contributed by atoms with Crippen LogP contribution in [0.4, 0.5) is 4.39 Å². The molecule has 104 valence electrons. The first-order valence-corrected chi connectivity index (χ1v) is 6.31. The van der Waals surface area contributed by atoms with E-state index >= 15 is 0 Å². The fraction of sp³-hybridized carbons (Fsp3) is 0.400. The number of Topliss-reactive ketones (excluding diaryl/α,β-unsaturated/α-hetero) is 1. The Balaban J connectivity index is 2.43. The molecule has 0 aromatic heterocycles. The zero-order valence-corrected chi connectivity index (χ0v) is 11.1. The summed E-state index contributed by atoms with van der Waals surface area (Å²) in [7, 11) is 1.20. The van der Waals surface area contributed by atoms with Crippen molar-refractivity contribution in [2.24, 2.45) is 5.92 Å². The van der Waals surface area contributed by atoms with E-state index in [1.165, 1.54) is 25.3 Å². The zero-order chi connectivity index (χ0) is 14.8. The molecule has 0 bridgehead atoms. The van der Waals surface area contributed by atoms with Gasteiger partial charge in [0.1, 0.15) is 17.5 Å². The molecule has 0 unspecified atom stereocenters. The van der Waals surface area contributed by atoms with Crippen LogP contribution in [0.1, 0.15) is 24.8 Å². The molecule has 0 N–H and O–H groups in total. The van der Waals surface area contributed by atoms with Crippen LogP contribution in [0.25, 0.3) is 0 Å². The van der Waals surface area contributed by atoms with Gasteiger partial charge in [0.2, 0.25) is 0 Å². The molecule has 1 aromatic carbocycles. The summed E-state index contributed by atoms with van der Waals surface area (Å²) in [4.78, 5) is 23.5. The maximum Gasteiger partial charge on any atom is 0.316 e. The fourth-order valence-electron chi connectivity index (χ4n) is 2.69. The summed E-state index contributed by atoms with van der Waals surface area (Å²) in [6.07, 6.45) is 0.258. The molecule has 1 aromatic rings. The Morgan fingerprint density at radius 3 is 2.80 bits per heavy atom. The number of methoxy groups -OCH3 is 1. The summed E-state index contributed by atoms with van der Waals surface area (Å²) in [6, 6.07) is 8.09. The fourth-order valence-corrected chi connectivity index (χ4v) is 2.69. The van der Waals surface area contributed by atoms with Gasteiger partial charge in [0, 0.05) is 12.0 Å². The highest BCUT2D eigenvalue weighted by molar-refractivity contribution is 6.00. The largest absolute Gasteiger partial charge is 0.468 e. The van der Waals surface area contributed by atoms with Gasteiger partial charge in [-0.2, -0.15) is 5.26 Å². The molecule has 0 heterocycles. The minimum atomic E-state index is -1.15. The number of nitrogens with zero attached hydrogens (tertiary/aromatic N) is 1. The van der Waals surface area contributed by atoms with Crippen molar-refractivity contribution in [1.82, 2.24) is 0 Å². The molecule has 1 aliphatic carbocycles. The Hall–Kier alpha value is -2.22. The number of esters is 1. The molecule has 1 fully saturated rings. The van der Waals surface area contributed by atoms with Crippen molar-refractivity contribution in [3.63, 3.8) is 0 Å². The molecule has 1 saturated carbocycles. The monoisotopic (exact) mass is 275 g/mol. The number of ether oxygens (including phenoxy) is 1. The number of hydrogen-bond donors (Lipinski definition) is 0. The van der Waals surface area contributed by atoms with Gasteiger partial charge in [-0.25, -0.2) is 4.39 Å². The first-order valence-electron chi connectivity index (χ1n) is 6.31. The molecule has 2 atom stereocenters. The third-order valence-electron chi connectivity index (χ3n) is 3.83. The molecule has 5 heteroatoms. The van der Waals surface area contributed by atoms with Crippen molar-refractivity contribution >= 4 is 11.8 Å². The zero-order valence-electron chi connectivity index (χ0n) is 11.1. The maximum absolute atomic E-state index is 14.0. The van der Waals surface area contributed by atoms with Gasteiger partial charge >= 0.3 is 5.97 Å². The lowest BCUT2D eigenvalue weighted by Crippen LogP contribution is -2.40. The highest BCUT2D eigenvalue weighted by Gasteiger charge is 2.46. The van der Waals surface area contributed by atoms with Crippen LogP contribution >= 0.6 is 0 Å². The number of carbonyl (C=O) groups excluding carboxylic acids is 2. The minimum Gasteiger partial charge on any atom is -0.468 e. The van der Waals surface area contributed by atoms with Gasteiger partial charge in [-0.05, 0) is 18.9 Å². The van der Waals surface area contributed by atoms with Crippen LogP contribution < -0.4 is 0 Å². The summed E-state index contributed by atoms with van der Waals surface area (Å²) in [5.41, 5.74) is -0.915. The molecule has 0 saturated heterocycles. The summed E-state index contributed by atoms with van der Waals surface area (Å²) in [6.45, 7) is 0. The van der Waals surface area contributed by atoms with Gasteiger partial charge in [0.15, 0.2) is 0 Å². The lowest BCUT2D eigenvalue weighted by Gasteiger charge is -2.34. The number of benzene rings is 1. The summed E-state index contributed by atoms with van der Waals surface area (Å²) in [5, 5.41) is 9.50. The van der Waals surface area contributed by atoms with Crippen molar-refractivity contribution in [3.8, 4) is 6.07 Å². The Morgan fingerprint density at radius 1 is 1.50 bits per heavy atom. The molecule has 0 radical (unpaired) electrons. The molecule has 1 aliphatic rings. The normalized spacial score (nSPS) is 25.9. The Morgan fingerprint density at radius 2 is 2.20 bits per heavy atom. The second-order valence-electron chi connectivity index (χ2n) is 4.92. The van der Waals surface area contributed by atoms with E-state index in [-0.39, 0.29) is 30.6 Å². The number of nitriles is 1. The van der Waals surface area contributed by atoms with Gasteiger partial charge in [-0.3, -0.25) is 9.59 Å². The highest BCUT2D eigenvalue weighted by Crippen LogP contribution is 2.41. The third kappa shape index (κ3) is 2.29. The van der Waals surface area contributed by atoms with Gasteiger partial charge < -0.3 is 4.74 Å². The third-order valence-corrected chi connectivity index (χ3v) is 3.83. The highest BCUT2D eigenvalue weighted by atomic mass is 19.1. The van der Waals surface area contributed by atoms with Crippen LogP contribution in [-0.4, -0.2) is 18.9 Å². The van der Waals surface area contributed by atoms with Crippen molar-refractivity contribution in [3.05, 3.63) is 35.6 Å². The standard InChI is InChI=1S/C15H14FNO3/c1-20-14(19)10-8-15(9-17,7-6-13(10)18)11-4-2-3-5-12(11)16/h2-5,10H,6-8H2,1H3/t10-,15-/m1/s1. The van der Waals surface area contributed by atoms with Crippen LogP contribution in [0, 0.1) is 23.1 Å². The Labute approximate surface area is 116 Å². The summed E-state index contributed by atoms with van der Waals surface area (Å²) < 4.78 is 18.6.